The second-order valence-corrected chi connectivity index (χ2v) is 8.24. The molecule has 2 aliphatic rings. The van der Waals surface area contributed by atoms with Gasteiger partial charge in [0.2, 0.25) is 5.91 Å². The zero-order valence-corrected chi connectivity index (χ0v) is 16.3. The molecule has 0 radical (unpaired) electrons. The first-order valence-electron chi connectivity index (χ1n) is 9.73. The maximum atomic E-state index is 14.4. The van der Waals surface area contributed by atoms with E-state index in [4.69, 9.17) is 9.47 Å². The minimum Gasteiger partial charge on any atom is -0.384 e. The van der Waals surface area contributed by atoms with Gasteiger partial charge < -0.3 is 14.8 Å². The van der Waals surface area contributed by atoms with E-state index in [2.05, 4.69) is 12.2 Å². The predicted octanol–water partition coefficient (Wildman–Crippen LogP) is 4.14. The van der Waals surface area contributed by atoms with Crippen molar-refractivity contribution in [2.24, 2.45) is 11.8 Å². The second kappa shape index (κ2) is 8.23. The Balaban J connectivity index is 1.88. The summed E-state index contributed by atoms with van der Waals surface area (Å²) in [5, 5.41) is 3.16. The van der Waals surface area contributed by atoms with Crippen molar-refractivity contribution in [3.05, 3.63) is 35.4 Å². The first kappa shape index (κ1) is 20.2. The Morgan fingerprint density at radius 3 is 2.89 bits per heavy atom. The fraction of sp³-hybridized carbons (Fsp3) is 0.667. The maximum absolute atomic E-state index is 14.4. The van der Waals surface area contributed by atoms with Gasteiger partial charge in [0.15, 0.2) is 11.6 Å². The summed E-state index contributed by atoms with van der Waals surface area (Å²) in [5.74, 6) is -1.15. The highest BCUT2D eigenvalue weighted by atomic mass is 19.2. The van der Waals surface area contributed by atoms with Crippen LogP contribution in [0.15, 0.2) is 18.2 Å². The number of ether oxygens (including phenoxy) is 2. The summed E-state index contributed by atoms with van der Waals surface area (Å²) < 4.78 is 39.4. The number of halogens is 2. The lowest BCUT2D eigenvalue weighted by molar-refractivity contribution is -0.154. The highest BCUT2D eigenvalue weighted by Crippen LogP contribution is 2.48. The molecule has 1 aliphatic heterocycles. The molecule has 150 valence electrons. The molecule has 0 spiro atoms. The van der Waals surface area contributed by atoms with Crippen molar-refractivity contribution in [2.45, 2.75) is 63.7 Å². The van der Waals surface area contributed by atoms with E-state index in [0.717, 1.165) is 25.3 Å². The number of hydrogen-bond donors (Lipinski definition) is 1. The van der Waals surface area contributed by atoms with Gasteiger partial charge in [-0.1, -0.05) is 25.5 Å². The van der Waals surface area contributed by atoms with Crippen LogP contribution >= 0.6 is 0 Å². The Kier molecular flexibility index (Phi) is 6.16. The van der Waals surface area contributed by atoms with Crippen LogP contribution in [-0.2, 0) is 14.3 Å². The third kappa shape index (κ3) is 4.32. The molecule has 1 N–H and O–H groups in total. The van der Waals surface area contributed by atoms with E-state index < -0.39 is 23.3 Å². The van der Waals surface area contributed by atoms with Crippen LogP contribution in [0, 0.1) is 23.5 Å². The van der Waals surface area contributed by atoms with Gasteiger partial charge in [0, 0.05) is 37.0 Å². The van der Waals surface area contributed by atoms with Crippen molar-refractivity contribution in [3.63, 3.8) is 0 Å². The molecular weight excluding hydrogens is 352 g/mol. The minimum atomic E-state index is -0.874. The first-order chi connectivity index (χ1) is 12.8. The van der Waals surface area contributed by atoms with Gasteiger partial charge in [-0.2, -0.15) is 0 Å². The molecule has 5 atom stereocenters. The SMILES string of the molecule is COCCC(=O)N[C@@]1(C)C[C@H](c2cccc(F)c2F)O[C@@H]2C[C@H](C)CC[C@H]21. The summed E-state index contributed by atoms with van der Waals surface area (Å²) in [5.41, 5.74) is -0.304. The summed E-state index contributed by atoms with van der Waals surface area (Å²) in [6.07, 6.45) is 2.92. The van der Waals surface area contributed by atoms with Gasteiger partial charge in [-0.25, -0.2) is 8.78 Å². The zero-order valence-electron chi connectivity index (χ0n) is 16.3. The van der Waals surface area contributed by atoms with Crippen LogP contribution in [0.25, 0.3) is 0 Å². The number of hydrogen-bond acceptors (Lipinski definition) is 3. The molecule has 6 heteroatoms. The molecule has 1 saturated heterocycles. The number of nitrogens with one attached hydrogen (secondary N) is 1. The third-order valence-electron chi connectivity index (χ3n) is 6.11. The van der Waals surface area contributed by atoms with Crippen LogP contribution in [-0.4, -0.2) is 31.3 Å². The van der Waals surface area contributed by atoms with Crippen LogP contribution in [0.1, 0.15) is 57.6 Å². The molecule has 1 saturated carbocycles. The second-order valence-electron chi connectivity index (χ2n) is 8.24. The number of fused-ring (bicyclic) bond motifs is 1. The quantitative estimate of drug-likeness (QED) is 0.834. The summed E-state index contributed by atoms with van der Waals surface area (Å²) in [6.45, 7) is 4.55. The number of carbonyl (C=O) groups is 1. The third-order valence-corrected chi connectivity index (χ3v) is 6.11. The van der Waals surface area contributed by atoms with Gasteiger partial charge in [-0.3, -0.25) is 4.79 Å². The van der Waals surface area contributed by atoms with Gasteiger partial charge in [-0.15, -0.1) is 0 Å². The Hall–Kier alpha value is -1.53. The van der Waals surface area contributed by atoms with Crippen LogP contribution in [0.2, 0.25) is 0 Å². The lowest BCUT2D eigenvalue weighted by Crippen LogP contribution is -2.60. The van der Waals surface area contributed by atoms with E-state index in [1.165, 1.54) is 6.07 Å². The van der Waals surface area contributed by atoms with Crippen molar-refractivity contribution in [3.8, 4) is 0 Å². The van der Waals surface area contributed by atoms with Gasteiger partial charge in [0.1, 0.15) is 0 Å². The Morgan fingerprint density at radius 2 is 2.15 bits per heavy atom. The summed E-state index contributed by atoms with van der Waals surface area (Å²) in [7, 11) is 1.56. The van der Waals surface area contributed by atoms with Gasteiger partial charge >= 0.3 is 0 Å². The summed E-state index contributed by atoms with van der Waals surface area (Å²) in [4.78, 5) is 12.4. The van der Waals surface area contributed by atoms with E-state index in [0.29, 0.717) is 18.9 Å². The van der Waals surface area contributed by atoms with Gasteiger partial charge in [0.25, 0.3) is 0 Å². The van der Waals surface area contributed by atoms with E-state index in [1.807, 2.05) is 6.92 Å². The number of methoxy groups -OCH3 is 1. The molecule has 1 aromatic carbocycles. The van der Waals surface area contributed by atoms with E-state index in [-0.39, 0.29) is 29.9 Å². The number of benzene rings is 1. The monoisotopic (exact) mass is 381 g/mol. The van der Waals surface area contributed by atoms with E-state index >= 15 is 0 Å². The molecule has 0 bridgehead atoms. The fourth-order valence-corrected chi connectivity index (χ4v) is 4.68. The topological polar surface area (TPSA) is 47.6 Å². The summed E-state index contributed by atoms with van der Waals surface area (Å²) in [6, 6.07) is 4.18. The van der Waals surface area contributed by atoms with E-state index in [1.54, 1.807) is 13.2 Å². The van der Waals surface area contributed by atoms with Crippen molar-refractivity contribution < 1.29 is 23.0 Å². The lowest BCUT2D eigenvalue weighted by Gasteiger charge is -2.52. The van der Waals surface area contributed by atoms with Crippen molar-refractivity contribution in [1.82, 2.24) is 5.32 Å². The smallest absolute Gasteiger partial charge is 0.222 e. The molecular formula is C21H29F2NO3. The van der Waals surface area contributed by atoms with Crippen LogP contribution in [0.3, 0.4) is 0 Å². The highest BCUT2D eigenvalue weighted by Gasteiger charge is 2.49. The molecule has 1 aromatic rings. The van der Waals surface area contributed by atoms with Crippen molar-refractivity contribution in [2.75, 3.05) is 13.7 Å². The van der Waals surface area contributed by atoms with Crippen molar-refractivity contribution >= 4 is 5.91 Å². The Labute approximate surface area is 159 Å². The van der Waals surface area contributed by atoms with E-state index in [9.17, 15) is 13.6 Å². The average molecular weight is 381 g/mol. The lowest BCUT2D eigenvalue weighted by atomic mass is 9.66. The molecule has 1 amide bonds. The van der Waals surface area contributed by atoms with Gasteiger partial charge in [0.05, 0.1) is 18.8 Å². The zero-order chi connectivity index (χ0) is 19.6. The Bertz CT molecular complexity index is 683. The van der Waals surface area contributed by atoms with Crippen molar-refractivity contribution in [1.29, 1.82) is 0 Å². The van der Waals surface area contributed by atoms with Crippen LogP contribution < -0.4 is 5.32 Å². The molecule has 1 heterocycles. The number of amides is 1. The number of carbonyl (C=O) groups excluding carboxylic acids is 1. The van der Waals surface area contributed by atoms with Crippen LogP contribution in [0.5, 0.6) is 0 Å². The maximum Gasteiger partial charge on any atom is 0.222 e. The largest absolute Gasteiger partial charge is 0.384 e. The standard InChI is InChI=1S/C21H29F2NO3/c1-13-7-8-15-17(11-13)27-18(14-5-4-6-16(22)20(14)23)12-21(15,2)24-19(25)9-10-26-3/h4-6,13,15,17-18H,7-12H2,1-3H3,(H,24,25)/t13-,15-,17-,18-,21+/m1/s1. The predicted molar refractivity (Wildman–Crippen MR) is 98.1 cm³/mol. The van der Waals surface area contributed by atoms with Gasteiger partial charge in [-0.05, 0) is 31.7 Å². The molecule has 2 fully saturated rings. The normalized spacial score (nSPS) is 33.4. The molecule has 4 nitrogen and oxygen atoms in total. The highest BCUT2D eigenvalue weighted by molar-refractivity contribution is 5.77. The molecule has 0 aromatic heterocycles. The molecule has 3 rings (SSSR count). The number of rotatable bonds is 5. The molecule has 27 heavy (non-hydrogen) atoms. The average Bonchev–Trinajstić information content (AvgIpc) is 2.61. The fourth-order valence-electron chi connectivity index (χ4n) is 4.68. The minimum absolute atomic E-state index is 0.0807. The molecule has 1 aliphatic carbocycles. The molecule has 0 unspecified atom stereocenters. The van der Waals surface area contributed by atoms with Crippen LogP contribution in [0.4, 0.5) is 8.78 Å². The summed E-state index contributed by atoms with van der Waals surface area (Å²) >= 11 is 0. The first-order valence-corrected chi connectivity index (χ1v) is 9.73. The Morgan fingerprint density at radius 1 is 1.37 bits per heavy atom.